The van der Waals surface area contributed by atoms with E-state index in [0.29, 0.717) is 0 Å². The van der Waals surface area contributed by atoms with Crippen molar-refractivity contribution in [1.82, 2.24) is 5.32 Å². The fourth-order valence-corrected chi connectivity index (χ4v) is 4.01. The van der Waals surface area contributed by atoms with E-state index in [2.05, 4.69) is 23.5 Å². The van der Waals surface area contributed by atoms with Crippen molar-refractivity contribution >= 4 is 29.4 Å². The maximum Gasteiger partial charge on any atom is 0.251 e. The zero-order valence-electron chi connectivity index (χ0n) is 11.8. The van der Waals surface area contributed by atoms with Gasteiger partial charge in [0.15, 0.2) is 0 Å². The van der Waals surface area contributed by atoms with Gasteiger partial charge in [0.1, 0.15) is 0 Å². The van der Waals surface area contributed by atoms with E-state index in [0.717, 1.165) is 17.7 Å². The maximum absolute atomic E-state index is 12.4. The normalized spacial score (nSPS) is 17.1. The Morgan fingerprint density at radius 1 is 1.19 bits per heavy atom. The fourth-order valence-electron chi connectivity index (χ4n) is 2.48. The summed E-state index contributed by atoms with van der Waals surface area (Å²) < 4.78 is 0. The van der Waals surface area contributed by atoms with Crippen LogP contribution in [0, 0.1) is 0 Å². The highest BCUT2D eigenvalue weighted by atomic mass is 32.2. The average Bonchev–Trinajstić information content (AvgIpc) is 2.55. The SMILES string of the molecule is CSc1ccc(C(=O)N[C@H]2CCSc3ccccc32)cc1. The Morgan fingerprint density at radius 3 is 2.71 bits per heavy atom. The van der Waals surface area contributed by atoms with E-state index in [-0.39, 0.29) is 11.9 Å². The second kappa shape index (κ2) is 6.58. The summed E-state index contributed by atoms with van der Waals surface area (Å²) in [6.07, 6.45) is 3.02. The van der Waals surface area contributed by atoms with Gasteiger partial charge in [0.2, 0.25) is 0 Å². The number of benzene rings is 2. The van der Waals surface area contributed by atoms with Crippen LogP contribution < -0.4 is 5.32 Å². The first-order valence-corrected chi connectivity index (χ1v) is 9.15. The molecule has 0 fully saturated rings. The molecule has 2 aromatic rings. The van der Waals surface area contributed by atoms with Gasteiger partial charge in [0.05, 0.1) is 6.04 Å². The van der Waals surface area contributed by atoms with Gasteiger partial charge in [-0.05, 0) is 48.6 Å². The first-order chi connectivity index (χ1) is 10.3. The molecule has 2 aromatic carbocycles. The molecule has 1 aliphatic rings. The molecule has 1 atom stereocenters. The Bertz CT molecular complexity index is 639. The van der Waals surface area contributed by atoms with Crippen molar-refractivity contribution in [2.24, 2.45) is 0 Å². The van der Waals surface area contributed by atoms with Crippen LogP contribution in [-0.2, 0) is 0 Å². The lowest BCUT2D eigenvalue weighted by Gasteiger charge is -2.25. The first kappa shape index (κ1) is 14.5. The van der Waals surface area contributed by atoms with Crippen LogP contribution in [0.1, 0.15) is 28.4 Å². The molecule has 3 rings (SSSR count). The molecule has 0 spiro atoms. The standard InChI is InChI=1S/C17H17NOS2/c1-20-13-8-6-12(7-9-13)17(19)18-15-10-11-21-16-5-3-2-4-14(15)16/h2-9,15H,10-11H2,1H3,(H,18,19)/t15-/m0/s1. The number of carbonyl (C=O) groups is 1. The molecule has 1 aliphatic heterocycles. The van der Waals surface area contributed by atoms with Gasteiger partial charge in [0, 0.05) is 21.1 Å². The third-order valence-electron chi connectivity index (χ3n) is 3.62. The zero-order valence-corrected chi connectivity index (χ0v) is 13.5. The van der Waals surface area contributed by atoms with E-state index in [9.17, 15) is 4.79 Å². The molecule has 0 saturated heterocycles. The van der Waals surface area contributed by atoms with Crippen LogP contribution in [0.4, 0.5) is 0 Å². The number of fused-ring (bicyclic) bond motifs is 1. The van der Waals surface area contributed by atoms with E-state index >= 15 is 0 Å². The number of amides is 1. The Hall–Kier alpha value is -1.39. The van der Waals surface area contributed by atoms with Crippen molar-refractivity contribution in [3.8, 4) is 0 Å². The van der Waals surface area contributed by atoms with Crippen molar-refractivity contribution in [3.63, 3.8) is 0 Å². The van der Waals surface area contributed by atoms with Crippen LogP contribution in [0.5, 0.6) is 0 Å². The highest BCUT2D eigenvalue weighted by Gasteiger charge is 2.22. The third kappa shape index (κ3) is 3.27. The van der Waals surface area contributed by atoms with E-state index in [4.69, 9.17) is 0 Å². The fraction of sp³-hybridized carbons (Fsp3) is 0.235. The monoisotopic (exact) mass is 315 g/mol. The number of carbonyl (C=O) groups excluding carboxylic acids is 1. The number of hydrogen-bond donors (Lipinski definition) is 1. The summed E-state index contributed by atoms with van der Waals surface area (Å²) in [7, 11) is 0. The van der Waals surface area contributed by atoms with Gasteiger partial charge in [0.25, 0.3) is 5.91 Å². The van der Waals surface area contributed by atoms with Crippen LogP contribution in [0.2, 0.25) is 0 Å². The minimum absolute atomic E-state index is 0.00866. The van der Waals surface area contributed by atoms with Crippen molar-refractivity contribution in [2.75, 3.05) is 12.0 Å². The highest BCUT2D eigenvalue weighted by Crippen LogP contribution is 2.35. The van der Waals surface area contributed by atoms with Gasteiger partial charge in [-0.1, -0.05) is 18.2 Å². The summed E-state index contributed by atoms with van der Waals surface area (Å²) >= 11 is 3.55. The predicted molar refractivity (Wildman–Crippen MR) is 90.2 cm³/mol. The molecule has 0 radical (unpaired) electrons. The average molecular weight is 315 g/mol. The second-order valence-corrected chi connectivity index (χ2v) is 6.95. The molecule has 21 heavy (non-hydrogen) atoms. The number of nitrogens with one attached hydrogen (secondary N) is 1. The first-order valence-electron chi connectivity index (χ1n) is 6.94. The van der Waals surface area contributed by atoms with E-state index < -0.39 is 0 Å². The maximum atomic E-state index is 12.4. The minimum atomic E-state index is 0.00866. The lowest BCUT2D eigenvalue weighted by atomic mass is 10.0. The number of rotatable bonds is 3. The van der Waals surface area contributed by atoms with Gasteiger partial charge < -0.3 is 5.32 Å². The Kier molecular flexibility index (Phi) is 4.56. The molecule has 0 saturated carbocycles. The highest BCUT2D eigenvalue weighted by molar-refractivity contribution is 7.99. The number of hydrogen-bond acceptors (Lipinski definition) is 3. The van der Waals surface area contributed by atoms with Crippen LogP contribution in [0.15, 0.2) is 58.3 Å². The predicted octanol–water partition coefficient (Wildman–Crippen LogP) is 4.38. The van der Waals surface area contributed by atoms with Gasteiger partial charge >= 0.3 is 0 Å². The molecule has 1 heterocycles. The molecule has 0 aromatic heterocycles. The molecule has 1 N–H and O–H groups in total. The van der Waals surface area contributed by atoms with Crippen LogP contribution in [0.25, 0.3) is 0 Å². The van der Waals surface area contributed by atoms with Gasteiger partial charge in [-0.2, -0.15) is 0 Å². The lowest BCUT2D eigenvalue weighted by molar-refractivity contribution is 0.0935. The largest absolute Gasteiger partial charge is 0.345 e. The molecule has 2 nitrogen and oxygen atoms in total. The van der Waals surface area contributed by atoms with Crippen molar-refractivity contribution in [3.05, 3.63) is 59.7 Å². The summed E-state index contributed by atoms with van der Waals surface area (Å²) in [6.45, 7) is 0. The van der Waals surface area contributed by atoms with Gasteiger partial charge in [-0.15, -0.1) is 23.5 Å². The van der Waals surface area contributed by atoms with Crippen LogP contribution in [0.3, 0.4) is 0 Å². The number of thioether (sulfide) groups is 2. The summed E-state index contributed by atoms with van der Waals surface area (Å²) in [5.41, 5.74) is 1.96. The van der Waals surface area contributed by atoms with Gasteiger partial charge in [-0.3, -0.25) is 4.79 Å². The Labute approximate surface area is 133 Å². The summed E-state index contributed by atoms with van der Waals surface area (Å²) in [4.78, 5) is 14.9. The summed E-state index contributed by atoms with van der Waals surface area (Å²) in [5, 5.41) is 3.17. The second-order valence-electron chi connectivity index (χ2n) is 4.93. The minimum Gasteiger partial charge on any atom is -0.345 e. The van der Waals surface area contributed by atoms with E-state index in [1.165, 1.54) is 15.4 Å². The van der Waals surface area contributed by atoms with Crippen molar-refractivity contribution < 1.29 is 4.79 Å². The van der Waals surface area contributed by atoms with Crippen molar-refractivity contribution in [1.29, 1.82) is 0 Å². The molecule has 1 amide bonds. The van der Waals surface area contributed by atoms with Crippen molar-refractivity contribution in [2.45, 2.75) is 22.3 Å². The topological polar surface area (TPSA) is 29.1 Å². The smallest absolute Gasteiger partial charge is 0.251 e. The molecular weight excluding hydrogens is 298 g/mol. The van der Waals surface area contributed by atoms with E-state index in [1.807, 2.05) is 48.3 Å². The Morgan fingerprint density at radius 2 is 1.95 bits per heavy atom. The van der Waals surface area contributed by atoms with Crippen LogP contribution in [-0.4, -0.2) is 17.9 Å². The lowest BCUT2D eigenvalue weighted by Crippen LogP contribution is -2.30. The third-order valence-corrected chi connectivity index (χ3v) is 5.48. The molecule has 108 valence electrons. The van der Waals surface area contributed by atoms with Crippen LogP contribution >= 0.6 is 23.5 Å². The molecule has 0 aliphatic carbocycles. The summed E-state index contributed by atoms with van der Waals surface area (Å²) in [6, 6.07) is 16.2. The molecule has 4 heteroatoms. The van der Waals surface area contributed by atoms with E-state index in [1.54, 1.807) is 11.8 Å². The Balaban J connectivity index is 1.76. The molecule has 0 unspecified atom stereocenters. The quantitative estimate of drug-likeness (QED) is 0.853. The van der Waals surface area contributed by atoms with Gasteiger partial charge in [-0.25, -0.2) is 0 Å². The molecule has 0 bridgehead atoms. The summed E-state index contributed by atoms with van der Waals surface area (Å²) in [5.74, 6) is 1.06. The molecular formula is C17H17NOS2. The zero-order chi connectivity index (χ0) is 14.7.